The lowest BCUT2D eigenvalue weighted by Gasteiger charge is -2.07. The van der Waals surface area contributed by atoms with Crippen LogP contribution in [0.1, 0.15) is 40.5 Å². The van der Waals surface area contributed by atoms with E-state index in [0.717, 1.165) is 0 Å². The predicted octanol–water partition coefficient (Wildman–Crippen LogP) is 3.50. The van der Waals surface area contributed by atoms with E-state index in [-0.39, 0.29) is 30.3 Å². The van der Waals surface area contributed by atoms with E-state index in [9.17, 15) is 14.4 Å². The van der Waals surface area contributed by atoms with Crippen LogP contribution in [0.2, 0.25) is 0 Å². The van der Waals surface area contributed by atoms with Crippen molar-refractivity contribution in [3.63, 3.8) is 0 Å². The van der Waals surface area contributed by atoms with E-state index in [0.29, 0.717) is 22.6 Å². The van der Waals surface area contributed by atoms with Crippen LogP contribution < -0.4 is 10.1 Å². The molecule has 0 saturated heterocycles. The molecule has 2 aromatic carbocycles. The summed E-state index contributed by atoms with van der Waals surface area (Å²) in [6, 6.07) is 13.5. The lowest BCUT2D eigenvalue weighted by Crippen LogP contribution is -2.13. The molecule has 0 saturated carbocycles. The minimum absolute atomic E-state index is 0.0698. The summed E-state index contributed by atoms with van der Waals surface area (Å²) in [6.07, 6.45) is 0.172. The SMILES string of the molecule is COc1cccc(C(=O)CCC(=O)Nc2cccc(C(C)=O)c2)c1. The number of hydrogen-bond donors (Lipinski definition) is 1. The summed E-state index contributed by atoms with van der Waals surface area (Å²) in [7, 11) is 1.53. The number of rotatable bonds is 7. The zero-order valence-electron chi connectivity index (χ0n) is 13.7. The molecule has 0 aliphatic heterocycles. The van der Waals surface area contributed by atoms with Gasteiger partial charge >= 0.3 is 0 Å². The van der Waals surface area contributed by atoms with Crippen LogP contribution in [0.3, 0.4) is 0 Å². The van der Waals surface area contributed by atoms with Crippen LogP contribution in [-0.4, -0.2) is 24.6 Å². The molecule has 2 rings (SSSR count). The minimum Gasteiger partial charge on any atom is -0.497 e. The number of carbonyl (C=O) groups excluding carboxylic acids is 3. The second-order valence-electron chi connectivity index (χ2n) is 5.34. The number of ether oxygens (including phenoxy) is 1. The molecule has 0 bridgehead atoms. The van der Waals surface area contributed by atoms with Gasteiger partial charge in [-0.25, -0.2) is 0 Å². The third-order valence-electron chi connectivity index (χ3n) is 3.52. The van der Waals surface area contributed by atoms with E-state index in [1.165, 1.54) is 14.0 Å². The summed E-state index contributed by atoms with van der Waals surface area (Å²) >= 11 is 0. The van der Waals surface area contributed by atoms with Crippen LogP contribution in [0.4, 0.5) is 5.69 Å². The van der Waals surface area contributed by atoms with Crippen molar-refractivity contribution < 1.29 is 19.1 Å². The zero-order valence-corrected chi connectivity index (χ0v) is 13.7. The van der Waals surface area contributed by atoms with E-state index >= 15 is 0 Å². The summed E-state index contributed by atoms with van der Waals surface area (Å²) in [5, 5.41) is 2.70. The van der Waals surface area contributed by atoms with Crippen molar-refractivity contribution in [3.8, 4) is 5.75 Å². The number of benzene rings is 2. The van der Waals surface area contributed by atoms with Gasteiger partial charge in [-0.3, -0.25) is 14.4 Å². The Labute approximate surface area is 140 Å². The number of nitrogens with one attached hydrogen (secondary N) is 1. The highest BCUT2D eigenvalue weighted by Crippen LogP contribution is 2.15. The van der Waals surface area contributed by atoms with Crippen LogP contribution in [-0.2, 0) is 4.79 Å². The standard InChI is InChI=1S/C19H19NO4/c1-13(21)14-5-3-7-16(11-14)20-19(23)10-9-18(22)15-6-4-8-17(12-15)24-2/h3-8,11-12H,9-10H2,1-2H3,(H,20,23). The second kappa shape index (κ2) is 8.06. The number of Topliss-reactive ketones (excluding diaryl/α,β-unsaturated/α-hetero) is 2. The van der Waals surface area contributed by atoms with Crippen molar-refractivity contribution in [3.05, 3.63) is 59.7 Å². The fraction of sp³-hybridized carbons (Fsp3) is 0.211. The van der Waals surface area contributed by atoms with Gasteiger partial charge in [-0.05, 0) is 31.2 Å². The maximum atomic E-state index is 12.1. The summed E-state index contributed by atoms with van der Waals surface area (Å²) in [4.78, 5) is 35.5. The Kier molecular flexibility index (Phi) is 5.84. The van der Waals surface area contributed by atoms with Crippen molar-refractivity contribution in [2.45, 2.75) is 19.8 Å². The highest BCUT2D eigenvalue weighted by molar-refractivity contribution is 6.01. The third-order valence-corrected chi connectivity index (χ3v) is 3.52. The molecular weight excluding hydrogens is 306 g/mol. The Morgan fingerprint density at radius 3 is 2.38 bits per heavy atom. The van der Waals surface area contributed by atoms with Gasteiger partial charge in [-0.1, -0.05) is 24.3 Å². The number of amides is 1. The van der Waals surface area contributed by atoms with Gasteiger partial charge in [0.1, 0.15) is 5.75 Å². The molecule has 0 unspecified atom stereocenters. The molecule has 1 N–H and O–H groups in total. The number of ketones is 2. The third kappa shape index (κ3) is 4.78. The van der Waals surface area contributed by atoms with Crippen molar-refractivity contribution in [2.24, 2.45) is 0 Å². The molecule has 0 aromatic heterocycles. The number of methoxy groups -OCH3 is 1. The van der Waals surface area contributed by atoms with Gasteiger partial charge in [-0.2, -0.15) is 0 Å². The predicted molar refractivity (Wildman–Crippen MR) is 91.6 cm³/mol. The Hall–Kier alpha value is -2.95. The van der Waals surface area contributed by atoms with Crippen molar-refractivity contribution >= 4 is 23.2 Å². The van der Waals surface area contributed by atoms with Gasteiger partial charge in [0.2, 0.25) is 5.91 Å². The average Bonchev–Trinajstić information content (AvgIpc) is 2.60. The van der Waals surface area contributed by atoms with E-state index in [1.54, 1.807) is 48.5 Å². The van der Waals surface area contributed by atoms with Gasteiger partial charge in [0.25, 0.3) is 0 Å². The molecule has 0 atom stereocenters. The molecule has 5 heteroatoms. The molecule has 2 aromatic rings. The summed E-state index contributed by atoms with van der Waals surface area (Å²) < 4.78 is 5.08. The quantitative estimate of drug-likeness (QED) is 0.791. The first-order valence-corrected chi connectivity index (χ1v) is 7.57. The Balaban J connectivity index is 1.92. The molecule has 124 valence electrons. The number of hydrogen-bond acceptors (Lipinski definition) is 4. The first-order valence-electron chi connectivity index (χ1n) is 7.57. The molecule has 0 heterocycles. The van der Waals surface area contributed by atoms with Crippen LogP contribution in [0.15, 0.2) is 48.5 Å². The van der Waals surface area contributed by atoms with E-state index in [1.807, 2.05) is 0 Å². The highest BCUT2D eigenvalue weighted by Gasteiger charge is 2.11. The second-order valence-corrected chi connectivity index (χ2v) is 5.34. The van der Waals surface area contributed by atoms with E-state index in [4.69, 9.17) is 4.74 Å². The highest BCUT2D eigenvalue weighted by atomic mass is 16.5. The Bertz CT molecular complexity index is 767. The van der Waals surface area contributed by atoms with E-state index in [2.05, 4.69) is 5.32 Å². The first kappa shape index (κ1) is 17.4. The molecule has 0 spiro atoms. The molecule has 0 aliphatic rings. The average molecular weight is 325 g/mol. The largest absolute Gasteiger partial charge is 0.497 e. The van der Waals surface area contributed by atoms with E-state index < -0.39 is 0 Å². The smallest absolute Gasteiger partial charge is 0.224 e. The fourth-order valence-electron chi connectivity index (χ4n) is 2.21. The lowest BCUT2D eigenvalue weighted by atomic mass is 10.1. The molecule has 1 amide bonds. The topological polar surface area (TPSA) is 72.5 Å². The van der Waals surface area contributed by atoms with Crippen molar-refractivity contribution in [1.82, 2.24) is 0 Å². The molecule has 24 heavy (non-hydrogen) atoms. The molecule has 0 radical (unpaired) electrons. The van der Waals surface area contributed by atoms with Gasteiger partial charge < -0.3 is 10.1 Å². The minimum atomic E-state index is -0.271. The monoisotopic (exact) mass is 325 g/mol. The molecule has 5 nitrogen and oxygen atoms in total. The maximum absolute atomic E-state index is 12.1. The Morgan fingerprint density at radius 2 is 1.67 bits per heavy atom. The summed E-state index contributed by atoms with van der Waals surface area (Å²) in [6.45, 7) is 1.47. The van der Waals surface area contributed by atoms with Crippen molar-refractivity contribution in [1.29, 1.82) is 0 Å². The summed E-state index contributed by atoms with van der Waals surface area (Å²) in [5.74, 6) is 0.138. The van der Waals surface area contributed by atoms with Crippen LogP contribution in [0.25, 0.3) is 0 Å². The first-order chi connectivity index (χ1) is 11.5. The van der Waals surface area contributed by atoms with Crippen molar-refractivity contribution in [2.75, 3.05) is 12.4 Å². The fourth-order valence-corrected chi connectivity index (χ4v) is 2.21. The van der Waals surface area contributed by atoms with Gasteiger partial charge in [0, 0.05) is 29.7 Å². The van der Waals surface area contributed by atoms with Crippen LogP contribution in [0.5, 0.6) is 5.75 Å². The summed E-state index contributed by atoms with van der Waals surface area (Å²) in [5.41, 5.74) is 1.59. The van der Waals surface area contributed by atoms with Gasteiger partial charge in [-0.15, -0.1) is 0 Å². The molecule has 0 fully saturated rings. The normalized spacial score (nSPS) is 10.1. The van der Waals surface area contributed by atoms with Gasteiger partial charge in [0.15, 0.2) is 11.6 Å². The lowest BCUT2D eigenvalue weighted by molar-refractivity contribution is -0.116. The molecule has 0 aliphatic carbocycles. The number of carbonyl (C=O) groups is 3. The zero-order chi connectivity index (χ0) is 17.5. The Morgan fingerprint density at radius 1 is 0.958 bits per heavy atom. The number of anilines is 1. The van der Waals surface area contributed by atoms with Crippen LogP contribution >= 0.6 is 0 Å². The maximum Gasteiger partial charge on any atom is 0.224 e. The van der Waals surface area contributed by atoms with Crippen LogP contribution in [0, 0.1) is 0 Å². The molecular formula is C19H19NO4. The van der Waals surface area contributed by atoms with Gasteiger partial charge in [0.05, 0.1) is 7.11 Å².